The molecule has 1 aliphatic rings. The molecule has 0 bridgehead atoms. The number of furan rings is 1. The number of nitrogens with zero attached hydrogens (tertiary/aromatic N) is 3. The van der Waals surface area contributed by atoms with Gasteiger partial charge in [0.2, 0.25) is 0 Å². The molecule has 1 atom stereocenters. The van der Waals surface area contributed by atoms with Gasteiger partial charge >= 0.3 is 0 Å². The minimum atomic E-state index is -0.410. The highest BCUT2D eigenvalue weighted by atomic mass is 16.3. The predicted octanol–water partition coefficient (Wildman–Crippen LogP) is 12.0. The van der Waals surface area contributed by atoms with Gasteiger partial charge in [-0.2, -0.15) is 0 Å². The minimum absolute atomic E-state index is 0.410. The summed E-state index contributed by atoms with van der Waals surface area (Å²) in [7, 11) is 0. The van der Waals surface area contributed by atoms with Gasteiger partial charge in [-0.3, -0.25) is 0 Å². The van der Waals surface area contributed by atoms with E-state index in [1.165, 1.54) is 27.3 Å². The van der Waals surface area contributed by atoms with E-state index < -0.39 is 6.17 Å². The summed E-state index contributed by atoms with van der Waals surface area (Å²) in [4.78, 5) is 10.7. The van der Waals surface area contributed by atoms with Crippen LogP contribution >= 0.6 is 0 Å². The molecule has 0 saturated carbocycles. The van der Waals surface area contributed by atoms with Crippen LogP contribution in [0.15, 0.2) is 196 Å². The Bertz CT molecular complexity index is 3100. The quantitative estimate of drug-likeness (QED) is 0.195. The first kappa shape index (κ1) is 30.4. The van der Waals surface area contributed by atoms with Crippen LogP contribution in [-0.4, -0.2) is 16.2 Å². The number of aliphatic imine (C=N–C) groups is 2. The molecule has 0 saturated heterocycles. The Morgan fingerprint density at radius 1 is 0.481 bits per heavy atom. The monoisotopic (exact) mass is 692 g/mol. The molecule has 11 rings (SSSR count). The average Bonchev–Trinajstić information content (AvgIpc) is 3.80. The second-order valence-corrected chi connectivity index (χ2v) is 13.8. The summed E-state index contributed by atoms with van der Waals surface area (Å²) in [5.41, 5.74) is 10.4. The Morgan fingerprint density at radius 2 is 1.11 bits per heavy atom. The molecule has 0 amide bonds. The standard InChI is InChI=1S/C49H32N4O/c1-2-14-31(15-3-1)34-28-29-39(36-19-5-4-18-35(34)36)48-50-47(51-49(52-48)41-23-13-27-45-46(41)40-22-8-11-26-44(40)54-45)32-16-12-17-33(30-32)53-42-24-9-6-20-37(42)38-21-7-10-25-43(38)53/h1-30,48H,(H,50,51,52). The van der Waals surface area contributed by atoms with Crippen LogP contribution in [0, 0.1) is 0 Å². The highest BCUT2D eigenvalue weighted by molar-refractivity contribution is 6.22. The normalized spacial score (nSPS) is 14.5. The lowest BCUT2D eigenvalue weighted by Gasteiger charge is -2.25. The smallest absolute Gasteiger partial charge is 0.160 e. The second-order valence-electron chi connectivity index (χ2n) is 13.8. The van der Waals surface area contributed by atoms with Crippen LogP contribution in [0.1, 0.15) is 22.9 Å². The van der Waals surface area contributed by atoms with Crippen LogP contribution in [0.5, 0.6) is 0 Å². The molecule has 10 aromatic rings. The van der Waals surface area contributed by atoms with Crippen molar-refractivity contribution in [3.8, 4) is 16.8 Å². The van der Waals surface area contributed by atoms with Crippen LogP contribution in [0.4, 0.5) is 0 Å². The number of nitrogens with one attached hydrogen (secondary N) is 1. The number of hydrogen-bond acceptors (Lipinski definition) is 4. The summed E-state index contributed by atoms with van der Waals surface area (Å²) < 4.78 is 8.67. The molecule has 0 spiro atoms. The summed E-state index contributed by atoms with van der Waals surface area (Å²) in [6, 6.07) is 63.9. The van der Waals surface area contributed by atoms with Gasteiger partial charge in [-0.05, 0) is 58.3 Å². The minimum Gasteiger partial charge on any atom is -0.456 e. The maximum Gasteiger partial charge on any atom is 0.160 e. The van der Waals surface area contributed by atoms with Crippen LogP contribution in [0.3, 0.4) is 0 Å². The number of benzene rings is 8. The van der Waals surface area contributed by atoms with Crippen molar-refractivity contribution in [3.05, 3.63) is 199 Å². The van der Waals surface area contributed by atoms with Gasteiger partial charge in [0.25, 0.3) is 0 Å². The fourth-order valence-corrected chi connectivity index (χ4v) is 8.26. The number of aromatic nitrogens is 1. The number of rotatable bonds is 5. The first-order valence-corrected chi connectivity index (χ1v) is 18.3. The second kappa shape index (κ2) is 12.2. The SMILES string of the molecule is c1ccc(-c2ccc(C3N=C(c4cccc5oc6ccccc6c45)N=C(c4cccc(-n5c6ccccc6c6ccccc65)c4)N3)c3ccccc23)cc1. The fraction of sp³-hybridized carbons (Fsp3) is 0.0204. The van der Waals surface area contributed by atoms with E-state index >= 15 is 0 Å². The van der Waals surface area contributed by atoms with Crippen molar-refractivity contribution in [1.29, 1.82) is 0 Å². The van der Waals surface area contributed by atoms with Gasteiger partial charge in [-0.25, -0.2) is 9.98 Å². The molecule has 0 radical (unpaired) electrons. The molecule has 8 aromatic carbocycles. The molecule has 1 N–H and O–H groups in total. The van der Waals surface area contributed by atoms with Gasteiger partial charge < -0.3 is 14.3 Å². The first-order chi connectivity index (χ1) is 26.8. The zero-order valence-electron chi connectivity index (χ0n) is 29.1. The summed E-state index contributed by atoms with van der Waals surface area (Å²) in [6.07, 6.45) is -0.410. The maximum atomic E-state index is 6.33. The molecule has 1 aliphatic heterocycles. The highest BCUT2D eigenvalue weighted by Gasteiger charge is 2.26. The van der Waals surface area contributed by atoms with E-state index in [9.17, 15) is 0 Å². The van der Waals surface area contributed by atoms with E-state index in [4.69, 9.17) is 14.4 Å². The molecule has 3 heterocycles. The lowest BCUT2D eigenvalue weighted by molar-refractivity contribution is 0.668. The first-order valence-electron chi connectivity index (χ1n) is 18.3. The topological polar surface area (TPSA) is 54.8 Å². The van der Waals surface area contributed by atoms with Gasteiger partial charge in [-0.1, -0.05) is 146 Å². The molecule has 0 fully saturated rings. The Kier molecular flexibility index (Phi) is 6.85. The molecule has 1 unspecified atom stereocenters. The van der Waals surface area contributed by atoms with Crippen molar-refractivity contribution in [2.45, 2.75) is 6.17 Å². The lowest BCUT2D eigenvalue weighted by atomic mass is 9.93. The van der Waals surface area contributed by atoms with Crippen LogP contribution < -0.4 is 5.32 Å². The largest absolute Gasteiger partial charge is 0.456 e. The van der Waals surface area contributed by atoms with Crippen molar-refractivity contribution in [3.63, 3.8) is 0 Å². The number of amidine groups is 2. The van der Waals surface area contributed by atoms with E-state index in [1.807, 2.05) is 24.3 Å². The van der Waals surface area contributed by atoms with Crippen LogP contribution in [-0.2, 0) is 0 Å². The molecular formula is C49H32N4O. The van der Waals surface area contributed by atoms with Gasteiger partial charge in [0.05, 0.1) is 11.0 Å². The Morgan fingerprint density at radius 3 is 1.91 bits per heavy atom. The van der Waals surface area contributed by atoms with Crippen molar-refractivity contribution in [2.24, 2.45) is 9.98 Å². The van der Waals surface area contributed by atoms with Crippen molar-refractivity contribution in [2.75, 3.05) is 0 Å². The summed E-state index contributed by atoms with van der Waals surface area (Å²) in [5.74, 6) is 1.41. The molecule has 254 valence electrons. The number of para-hydroxylation sites is 3. The number of fused-ring (bicyclic) bond motifs is 7. The Hall–Kier alpha value is -7.24. The van der Waals surface area contributed by atoms with E-state index in [1.54, 1.807) is 0 Å². The van der Waals surface area contributed by atoms with Crippen LogP contribution in [0.2, 0.25) is 0 Å². The maximum absolute atomic E-state index is 6.33. The third kappa shape index (κ3) is 4.79. The molecule has 54 heavy (non-hydrogen) atoms. The predicted molar refractivity (Wildman–Crippen MR) is 223 cm³/mol. The summed E-state index contributed by atoms with van der Waals surface area (Å²) >= 11 is 0. The lowest BCUT2D eigenvalue weighted by Crippen LogP contribution is -2.33. The molecule has 5 nitrogen and oxygen atoms in total. The van der Waals surface area contributed by atoms with E-state index in [0.29, 0.717) is 5.84 Å². The average molecular weight is 693 g/mol. The summed E-state index contributed by atoms with van der Waals surface area (Å²) in [6.45, 7) is 0. The van der Waals surface area contributed by atoms with Crippen molar-refractivity contribution in [1.82, 2.24) is 9.88 Å². The van der Waals surface area contributed by atoms with E-state index in [2.05, 4.69) is 168 Å². The molecule has 5 heteroatoms. The highest BCUT2D eigenvalue weighted by Crippen LogP contribution is 2.37. The molecular weight excluding hydrogens is 661 g/mol. The third-order valence-electron chi connectivity index (χ3n) is 10.7. The summed E-state index contributed by atoms with van der Waals surface area (Å²) in [5, 5.41) is 10.6. The zero-order valence-corrected chi connectivity index (χ0v) is 29.1. The van der Waals surface area contributed by atoms with Gasteiger partial charge in [0, 0.05) is 43.9 Å². The third-order valence-corrected chi connectivity index (χ3v) is 10.7. The Balaban J connectivity index is 1.12. The fourth-order valence-electron chi connectivity index (χ4n) is 8.26. The van der Waals surface area contributed by atoms with E-state index in [-0.39, 0.29) is 0 Å². The Labute approximate surface area is 311 Å². The molecule has 0 aliphatic carbocycles. The molecule has 2 aromatic heterocycles. The zero-order chi connectivity index (χ0) is 35.6. The van der Waals surface area contributed by atoms with Crippen molar-refractivity contribution < 1.29 is 4.42 Å². The van der Waals surface area contributed by atoms with Gasteiger partial charge in [0.1, 0.15) is 23.2 Å². The van der Waals surface area contributed by atoms with Gasteiger partial charge in [0.15, 0.2) is 5.84 Å². The van der Waals surface area contributed by atoms with Crippen molar-refractivity contribution >= 4 is 66.2 Å². The van der Waals surface area contributed by atoms with E-state index in [0.717, 1.165) is 66.6 Å². The van der Waals surface area contributed by atoms with Crippen LogP contribution in [0.25, 0.3) is 71.3 Å². The van der Waals surface area contributed by atoms with Gasteiger partial charge in [-0.15, -0.1) is 0 Å². The number of hydrogen-bond donors (Lipinski definition) is 1.